The van der Waals surface area contributed by atoms with Crippen LogP contribution < -0.4 is 0 Å². The molecule has 0 amide bonds. The summed E-state index contributed by atoms with van der Waals surface area (Å²) < 4.78 is 6.29. The molecule has 0 radical (unpaired) electrons. The largest absolute Gasteiger partial charge is 0.456 e. The molecule has 9 rings (SSSR count). The second kappa shape index (κ2) is 7.62. The number of nitrogens with one attached hydrogen (secondary N) is 2. The van der Waals surface area contributed by atoms with Gasteiger partial charge < -0.3 is 14.4 Å². The molecule has 9 aromatic rings. The Hall–Kier alpha value is -5.28. The first-order chi connectivity index (χ1) is 19.3. The fraction of sp³-hybridized carbons (Fsp3) is 0. The highest BCUT2D eigenvalue weighted by Crippen LogP contribution is 2.39. The first kappa shape index (κ1) is 20.7. The molecule has 0 saturated carbocycles. The van der Waals surface area contributed by atoms with Gasteiger partial charge in [-0.25, -0.2) is 0 Å². The second-order valence-electron chi connectivity index (χ2n) is 10.3. The molecule has 0 aliphatic rings. The van der Waals surface area contributed by atoms with E-state index in [4.69, 9.17) is 4.42 Å². The third-order valence-electron chi connectivity index (χ3n) is 8.17. The van der Waals surface area contributed by atoms with Crippen LogP contribution in [-0.2, 0) is 0 Å². The summed E-state index contributed by atoms with van der Waals surface area (Å²) in [6, 6.07) is 43.1. The van der Waals surface area contributed by atoms with E-state index < -0.39 is 0 Å². The first-order valence-electron chi connectivity index (χ1n) is 13.3. The van der Waals surface area contributed by atoms with Crippen LogP contribution in [0, 0.1) is 0 Å². The summed E-state index contributed by atoms with van der Waals surface area (Å²) >= 11 is 0. The van der Waals surface area contributed by atoms with Crippen LogP contribution in [0.2, 0.25) is 0 Å². The van der Waals surface area contributed by atoms with Gasteiger partial charge in [-0.2, -0.15) is 0 Å². The molecular weight excluding hydrogens is 476 g/mol. The molecule has 3 heterocycles. The molecule has 6 aromatic carbocycles. The number of benzene rings is 6. The van der Waals surface area contributed by atoms with Crippen molar-refractivity contribution < 1.29 is 4.42 Å². The lowest BCUT2D eigenvalue weighted by molar-refractivity contribution is 0.669. The number of rotatable bonds is 2. The second-order valence-corrected chi connectivity index (χ2v) is 10.3. The Bertz CT molecular complexity index is 2230. The van der Waals surface area contributed by atoms with Gasteiger partial charge >= 0.3 is 0 Å². The summed E-state index contributed by atoms with van der Waals surface area (Å²) in [6.07, 6.45) is 0. The van der Waals surface area contributed by atoms with Crippen molar-refractivity contribution in [3.05, 3.63) is 121 Å². The number of para-hydroxylation sites is 4. The van der Waals surface area contributed by atoms with Crippen molar-refractivity contribution >= 4 is 65.6 Å². The lowest BCUT2D eigenvalue weighted by Gasteiger charge is -2.05. The van der Waals surface area contributed by atoms with E-state index in [1.807, 2.05) is 0 Å². The minimum absolute atomic E-state index is 0.901. The molecule has 0 fully saturated rings. The van der Waals surface area contributed by atoms with Gasteiger partial charge in [0.15, 0.2) is 0 Å². The normalized spacial score (nSPS) is 12.1. The zero-order valence-electron chi connectivity index (χ0n) is 21.0. The van der Waals surface area contributed by atoms with Gasteiger partial charge in [0.1, 0.15) is 11.2 Å². The lowest BCUT2D eigenvalue weighted by Crippen LogP contribution is -1.82. The molecule has 2 N–H and O–H groups in total. The molecule has 0 aliphatic heterocycles. The minimum atomic E-state index is 0.901. The molecule has 0 spiro atoms. The maximum atomic E-state index is 6.29. The van der Waals surface area contributed by atoms with Crippen molar-refractivity contribution in [1.82, 2.24) is 9.97 Å². The lowest BCUT2D eigenvalue weighted by atomic mass is 9.98. The van der Waals surface area contributed by atoms with Gasteiger partial charge in [0, 0.05) is 54.5 Å². The highest BCUT2D eigenvalue weighted by atomic mass is 16.3. The Kier molecular flexibility index (Phi) is 4.05. The highest BCUT2D eigenvalue weighted by molar-refractivity contribution is 6.15. The van der Waals surface area contributed by atoms with Gasteiger partial charge in [0.2, 0.25) is 0 Å². The molecule has 3 heteroatoms. The summed E-state index contributed by atoms with van der Waals surface area (Å²) in [5.74, 6) is 0. The Morgan fingerprint density at radius 2 is 0.846 bits per heavy atom. The van der Waals surface area contributed by atoms with Crippen LogP contribution >= 0.6 is 0 Å². The number of aromatic amines is 2. The Morgan fingerprint density at radius 1 is 0.385 bits per heavy atom. The average Bonchev–Trinajstić information content (AvgIpc) is 3.67. The summed E-state index contributed by atoms with van der Waals surface area (Å²) in [5.41, 5.74) is 11.2. The van der Waals surface area contributed by atoms with Gasteiger partial charge in [-0.1, -0.05) is 84.9 Å². The highest BCUT2D eigenvalue weighted by Gasteiger charge is 2.15. The molecule has 0 atom stereocenters. The molecule has 0 bridgehead atoms. The number of fused-ring (bicyclic) bond motifs is 9. The first-order valence-corrected chi connectivity index (χ1v) is 13.3. The van der Waals surface area contributed by atoms with Crippen molar-refractivity contribution in [3.8, 4) is 22.3 Å². The van der Waals surface area contributed by atoms with Crippen LogP contribution in [0.3, 0.4) is 0 Å². The van der Waals surface area contributed by atoms with Gasteiger partial charge in [-0.3, -0.25) is 0 Å². The SMILES string of the molecule is c1ccc2c(c1)[nH]c1c(-c3ccc4oc5ccc(-c6cccc7c6[nH]c6ccccc67)cc5c4c3)cccc12. The molecule has 0 saturated heterocycles. The zero-order chi connectivity index (χ0) is 25.5. The fourth-order valence-corrected chi connectivity index (χ4v) is 6.34. The standard InChI is InChI=1S/C36H22N2O/c1-3-13-31-25(7-1)27-11-5-9-23(35(27)37-31)21-15-17-33-29(19-21)30-20-22(16-18-34(30)39-33)24-10-6-12-28-26-8-2-4-14-32(26)38-36(24)28/h1-20,37-38H. The van der Waals surface area contributed by atoms with Crippen molar-refractivity contribution in [3.63, 3.8) is 0 Å². The summed E-state index contributed by atoms with van der Waals surface area (Å²) in [6.45, 7) is 0. The summed E-state index contributed by atoms with van der Waals surface area (Å²) in [4.78, 5) is 7.31. The van der Waals surface area contributed by atoms with E-state index in [2.05, 4.69) is 131 Å². The van der Waals surface area contributed by atoms with Gasteiger partial charge in [-0.05, 0) is 47.5 Å². The summed E-state index contributed by atoms with van der Waals surface area (Å²) in [7, 11) is 0. The fourth-order valence-electron chi connectivity index (χ4n) is 6.34. The maximum Gasteiger partial charge on any atom is 0.135 e. The van der Waals surface area contributed by atoms with E-state index in [0.29, 0.717) is 0 Å². The average molecular weight is 499 g/mol. The van der Waals surface area contributed by atoms with Crippen LogP contribution in [0.25, 0.3) is 87.8 Å². The molecule has 39 heavy (non-hydrogen) atoms. The Morgan fingerprint density at radius 3 is 1.36 bits per heavy atom. The Labute approximate surface area is 223 Å². The predicted molar refractivity (Wildman–Crippen MR) is 163 cm³/mol. The predicted octanol–water partition coefficient (Wildman–Crippen LogP) is 10.2. The van der Waals surface area contributed by atoms with E-state index in [1.54, 1.807) is 0 Å². The van der Waals surface area contributed by atoms with E-state index in [-0.39, 0.29) is 0 Å². The van der Waals surface area contributed by atoms with Crippen molar-refractivity contribution in [1.29, 1.82) is 0 Å². The molecule has 3 nitrogen and oxygen atoms in total. The van der Waals surface area contributed by atoms with Crippen LogP contribution in [0.1, 0.15) is 0 Å². The van der Waals surface area contributed by atoms with Crippen molar-refractivity contribution in [2.75, 3.05) is 0 Å². The van der Waals surface area contributed by atoms with Gasteiger partial charge in [-0.15, -0.1) is 0 Å². The summed E-state index contributed by atoms with van der Waals surface area (Å²) in [5, 5.41) is 7.24. The van der Waals surface area contributed by atoms with E-state index in [0.717, 1.165) is 44.0 Å². The zero-order valence-corrected chi connectivity index (χ0v) is 21.0. The van der Waals surface area contributed by atoms with Crippen LogP contribution in [0.5, 0.6) is 0 Å². The third kappa shape index (κ3) is 2.93. The Balaban J connectivity index is 1.26. The number of hydrogen-bond acceptors (Lipinski definition) is 1. The number of H-pyrrole nitrogens is 2. The van der Waals surface area contributed by atoms with E-state index >= 15 is 0 Å². The number of hydrogen-bond donors (Lipinski definition) is 2. The van der Waals surface area contributed by atoms with Crippen LogP contribution in [0.4, 0.5) is 0 Å². The van der Waals surface area contributed by atoms with Gasteiger partial charge in [0.05, 0.1) is 11.0 Å². The van der Waals surface area contributed by atoms with E-state index in [9.17, 15) is 0 Å². The van der Waals surface area contributed by atoms with E-state index in [1.165, 1.54) is 43.8 Å². The molecule has 0 aliphatic carbocycles. The molecule has 0 unspecified atom stereocenters. The van der Waals surface area contributed by atoms with Gasteiger partial charge in [0.25, 0.3) is 0 Å². The smallest absolute Gasteiger partial charge is 0.135 e. The monoisotopic (exact) mass is 498 g/mol. The van der Waals surface area contributed by atoms with Crippen LogP contribution in [0.15, 0.2) is 126 Å². The van der Waals surface area contributed by atoms with Crippen molar-refractivity contribution in [2.24, 2.45) is 0 Å². The minimum Gasteiger partial charge on any atom is -0.456 e. The molecular formula is C36H22N2O. The number of furan rings is 1. The quantitative estimate of drug-likeness (QED) is 0.245. The topological polar surface area (TPSA) is 44.7 Å². The molecule has 182 valence electrons. The maximum absolute atomic E-state index is 6.29. The van der Waals surface area contributed by atoms with Crippen molar-refractivity contribution in [2.45, 2.75) is 0 Å². The van der Waals surface area contributed by atoms with Crippen LogP contribution in [-0.4, -0.2) is 9.97 Å². The third-order valence-corrected chi connectivity index (χ3v) is 8.17. The number of aromatic nitrogens is 2. The molecule has 3 aromatic heterocycles.